The number of nitrogens with one attached hydrogen (secondary N) is 1. The zero-order valence-electron chi connectivity index (χ0n) is 17.9. The Morgan fingerprint density at radius 3 is 2.18 bits per heavy atom. The third kappa shape index (κ3) is 5.09. The molecule has 0 saturated heterocycles. The second-order valence-corrected chi connectivity index (χ2v) is 12.5. The summed E-state index contributed by atoms with van der Waals surface area (Å²) in [7, 11) is -7.20. The molecular weight excluding hydrogens is 480 g/mol. The molecule has 4 rings (SSSR count). The Bertz CT molecular complexity index is 1570. The molecule has 0 amide bonds. The van der Waals surface area contributed by atoms with E-state index in [0.29, 0.717) is 22.3 Å². The molecule has 7 nitrogen and oxygen atoms in total. The van der Waals surface area contributed by atoms with Crippen LogP contribution >= 0.6 is 11.3 Å². The standard InChI is InChI=1S/C23H22N2O5S3/c1-16(18-8-10-19(11-9-18)32(2,27)28)24-33(29,30)20-12-13-21-22(14-20)31-23(26)25(21)15-17-6-4-3-5-7-17/h3-14,16,24H,15H2,1-2H3/t16-/m1/s1. The summed E-state index contributed by atoms with van der Waals surface area (Å²) in [5, 5.41) is 0. The highest BCUT2D eigenvalue weighted by molar-refractivity contribution is 7.90. The first-order valence-corrected chi connectivity index (χ1v) is 14.2. The number of thiazole rings is 1. The van der Waals surface area contributed by atoms with Gasteiger partial charge in [-0.05, 0) is 48.4 Å². The molecule has 3 aromatic carbocycles. The fourth-order valence-corrected chi connectivity index (χ4v) is 6.39. The molecule has 0 aliphatic rings. The summed E-state index contributed by atoms with van der Waals surface area (Å²) in [6.07, 6.45) is 1.12. The number of sulfone groups is 1. The molecule has 0 radical (unpaired) electrons. The van der Waals surface area contributed by atoms with Crippen LogP contribution in [0.2, 0.25) is 0 Å². The van der Waals surface area contributed by atoms with Gasteiger partial charge in [0, 0.05) is 12.3 Å². The summed E-state index contributed by atoms with van der Waals surface area (Å²) in [5.74, 6) is 0. The lowest BCUT2D eigenvalue weighted by molar-refractivity contribution is 0.566. The maximum atomic E-state index is 13.0. The number of fused-ring (bicyclic) bond motifs is 1. The van der Waals surface area contributed by atoms with E-state index in [-0.39, 0.29) is 14.7 Å². The summed E-state index contributed by atoms with van der Waals surface area (Å²) in [6, 6.07) is 19.7. The molecular formula is C23H22N2O5S3. The number of benzene rings is 3. The number of aromatic nitrogens is 1. The van der Waals surface area contributed by atoms with Crippen molar-refractivity contribution in [1.29, 1.82) is 0 Å². The second-order valence-electron chi connectivity index (χ2n) is 7.75. The van der Waals surface area contributed by atoms with Crippen LogP contribution in [0.15, 0.2) is 87.4 Å². The first-order chi connectivity index (χ1) is 15.5. The first kappa shape index (κ1) is 23.4. The zero-order chi connectivity index (χ0) is 23.8. The van der Waals surface area contributed by atoms with Crippen LogP contribution in [-0.4, -0.2) is 27.7 Å². The lowest BCUT2D eigenvalue weighted by atomic mass is 10.1. The molecule has 0 bridgehead atoms. The van der Waals surface area contributed by atoms with E-state index in [1.54, 1.807) is 29.7 Å². The van der Waals surface area contributed by atoms with Crippen LogP contribution < -0.4 is 9.60 Å². The Labute approximate surface area is 196 Å². The third-order valence-electron chi connectivity index (χ3n) is 5.27. The Kier molecular flexibility index (Phi) is 6.28. The Balaban J connectivity index is 1.59. The van der Waals surface area contributed by atoms with E-state index in [9.17, 15) is 21.6 Å². The van der Waals surface area contributed by atoms with Gasteiger partial charge in [0.25, 0.3) is 0 Å². The van der Waals surface area contributed by atoms with E-state index in [1.165, 1.54) is 24.3 Å². The molecule has 4 aromatic rings. The van der Waals surface area contributed by atoms with Gasteiger partial charge in [-0.3, -0.25) is 9.36 Å². The SMILES string of the molecule is C[C@@H](NS(=O)(=O)c1ccc2c(c1)sc(=O)n2Cc1ccccc1)c1ccc(S(C)(=O)=O)cc1. The molecule has 0 saturated carbocycles. The molecule has 1 atom stereocenters. The van der Waals surface area contributed by atoms with Gasteiger partial charge >= 0.3 is 4.87 Å². The second kappa shape index (κ2) is 8.86. The first-order valence-electron chi connectivity index (χ1n) is 10.0. The van der Waals surface area contributed by atoms with Crippen molar-refractivity contribution in [3.63, 3.8) is 0 Å². The number of nitrogens with zero attached hydrogens (tertiary/aromatic N) is 1. The lowest BCUT2D eigenvalue weighted by Crippen LogP contribution is -2.26. The Hall–Kier alpha value is -2.79. The van der Waals surface area contributed by atoms with Crippen molar-refractivity contribution < 1.29 is 16.8 Å². The van der Waals surface area contributed by atoms with Crippen LogP contribution in [0.1, 0.15) is 24.1 Å². The number of sulfonamides is 1. The Morgan fingerprint density at radius 1 is 0.909 bits per heavy atom. The molecule has 33 heavy (non-hydrogen) atoms. The van der Waals surface area contributed by atoms with Crippen molar-refractivity contribution in [3.8, 4) is 0 Å². The van der Waals surface area contributed by atoms with Gasteiger partial charge in [0.2, 0.25) is 10.0 Å². The van der Waals surface area contributed by atoms with Crippen molar-refractivity contribution >= 4 is 41.4 Å². The maximum absolute atomic E-state index is 13.0. The summed E-state index contributed by atoms with van der Waals surface area (Å²) in [6.45, 7) is 2.09. The minimum atomic E-state index is -3.87. The maximum Gasteiger partial charge on any atom is 0.308 e. The molecule has 0 fully saturated rings. The van der Waals surface area contributed by atoms with Gasteiger partial charge in [-0.15, -0.1) is 0 Å². The summed E-state index contributed by atoms with van der Waals surface area (Å²) < 4.78 is 54.1. The molecule has 0 spiro atoms. The molecule has 1 N–H and O–H groups in total. The normalized spacial score (nSPS) is 13.3. The summed E-state index contributed by atoms with van der Waals surface area (Å²) in [5.41, 5.74) is 2.29. The smallest absolute Gasteiger partial charge is 0.294 e. The van der Waals surface area contributed by atoms with Crippen LogP contribution in [0.3, 0.4) is 0 Å². The number of rotatable bonds is 7. The van der Waals surface area contributed by atoms with Gasteiger partial charge in [-0.25, -0.2) is 21.6 Å². The minimum Gasteiger partial charge on any atom is -0.294 e. The van der Waals surface area contributed by atoms with E-state index in [1.807, 2.05) is 30.3 Å². The zero-order valence-corrected chi connectivity index (χ0v) is 20.4. The summed E-state index contributed by atoms with van der Waals surface area (Å²) >= 11 is 1.01. The third-order valence-corrected chi connectivity index (χ3v) is 8.88. The van der Waals surface area contributed by atoms with E-state index in [4.69, 9.17) is 0 Å². The van der Waals surface area contributed by atoms with Gasteiger partial charge in [0.05, 0.1) is 26.6 Å². The van der Waals surface area contributed by atoms with Crippen molar-refractivity contribution in [3.05, 3.63) is 93.6 Å². The average molecular weight is 503 g/mol. The van der Waals surface area contributed by atoms with E-state index < -0.39 is 25.9 Å². The molecule has 10 heteroatoms. The van der Waals surface area contributed by atoms with Crippen molar-refractivity contribution in [2.45, 2.75) is 29.3 Å². The highest BCUT2D eigenvalue weighted by atomic mass is 32.2. The van der Waals surface area contributed by atoms with Gasteiger partial charge in [-0.1, -0.05) is 53.8 Å². The quantitative estimate of drug-likeness (QED) is 0.416. The molecule has 0 aliphatic carbocycles. The monoisotopic (exact) mass is 502 g/mol. The van der Waals surface area contributed by atoms with Crippen LogP contribution in [0.5, 0.6) is 0 Å². The number of hydrogen-bond acceptors (Lipinski definition) is 6. The van der Waals surface area contributed by atoms with Gasteiger partial charge < -0.3 is 0 Å². The minimum absolute atomic E-state index is 0.0581. The highest BCUT2D eigenvalue weighted by Gasteiger charge is 2.20. The van der Waals surface area contributed by atoms with Crippen LogP contribution in [0, 0.1) is 0 Å². The predicted octanol–water partition coefficient (Wildman–Crippen LogP) is 3.55. The molecule has 172 valence electrons. The molecule has 0 aliphatic heterocycles. The van der Waals surface area contributed by atoms with Crippen molar-refractivity contribution in [1.82, 2.24) is 9.29 Å². The van der Waals surface area contributed by atoms with Crippen LogP contribution in [-0.2, 0) is 26.4 Å². The van der Waals surface area contributed by atoms with Gasteiger partial charge in [-0.2, -0.15) is 0 Å². The average Bonchev–Trinajstić information content (AvgIpc) is 3.08. The summed E-state index contributed by atoms with van der Waals surface area (Å²) in [4.78, 5) is 12.6. The topological polar surface area (TPSA) is 102 Å². The number of hydrogen-bond donors (Lipinski definition) is 1. The fourth-order valence-electron chi connectivity index (χ4n) is 3.50. The van der Waals surface area contributed by atoms with Gasteiger partial charge in [0.1, 0.15) is 0 Å². The van der Waals surface area contributed by atoms with Crippen molar-refractivity contribution in [2.24, 2.45) is 0 Å². The lowest BCUT2D eigenvalue weighted by Gasteiger charge is -2.15. The van der Waals surface area contributed by atoms with Crippen molar-refractivity contribution in [2.75, 3.05) is 6.26 Å². The van der Waals surface area contributed by atoms with Crippen LogP contribution in [0.4, 0.5) is 0 Å². The predicted molar refractivity (Wildman–Crippen MR) is 130 cm³/mol. The Morgan fingerprint density at radius 2 is 1.55 bits per heavy atom. The van der Waals surface area contributed by atoms with E-state index in [0.717, 1.165) is 23.2 Å². The fraction of sp³-hybridized carbons (Fsp3) is 0.174. The molecule has 0 unspecified atom stereocenters. The molecule has 1 heterocycles. The van der Waals surface area contributed by atoms with Gasteiger partial charge in [0.15, 0.2) is 9.84 Å². The molecule has 1 aromatic heterocycles. The largest absolute Gasteiger partial charge is 0.308 e. The van der Waals surface area contributed by atoms with E-state index >= 15 is 0 Å². The van der Waals surface area contributed by atoms with Crippen LogP contribution in [0.25, 0.3) is 10.2 Å². The van der Waals surface area contributed by atoms with E-state index in [2.05, 4.69) is 4.72 Å². The highest BCUT2D eigenvalue weighted by Crippen LogP contribution is 2.24.